The van der Waals surface area contributed by atoms with E-state index in [2.05, 4.69) is 5.32 Å². The van der Waals surface area contributed by atoms with Gasteiger partial charge >= 0.3 is 13.9 Å². The highest BCUT2D eigenvalue weighted by Gasteiger charge is 2.61. The summed E-state index contributed by atoms with van der Waals surface area (Å²) in [5.74, 6) is -0.307. The quantitative estimate of drug-likeness (QED) is 0.436. The van der Waals surface area contributed by atoms with E-state index in [0.717, 1.165) is 0 Å². The fraction of sp³-hybridized carbons (Fsp3) is 0.583. The van der Waals surface area contributed by atoms with E-state index in [-0.39, 0.29) is 33.7 Å². The molecule has 1 aliphatic rings. The van der Waals surface area contributed by atoms with Crippen LogP contribution in [0.2, 0.25) is 0 Å². The van der Waals surface area contributed by atoms with Crippen LogP contribution in [-0.2, 0) is 13.8 Å². The van der Waals surface area contributed by atoms with E-state index in [1.165, 1.54) is 7.05 Å². The molecule has 138 valence electrons. The largest absolute Gasteiger partial charge is 0.470 e. The highest BCUT2D eigenvalue weighted by molar-refractivity contribution is 7.46. The van der Waals surface area contributed by atoms with Gasteiger partial charge in [-0.05, 0) is 12.8 Å². The normalized spacial score (nSPS) is 28.2. The molecule has 3 N–H and O–H groups in total. The van der Waals surface area contributed by atoms with Crippen LogP contribution in [0.5, 0.6) is 0 Å². The van der Waals surface area contributed by atoms with Crippen LogP contribution in [0.3, 0.4) is 0 Å². The third kappa shape index (κ3) is 3.74. The van der Waals surface area contributed by atoms with Gasteiger partial charge in [-0.3, -0.25) is 4.52 Å². The van der Waals surface area contributed by atoms with E-state index in [1.807, 2.05) is 0 Å². The van der Waals surface area contributed by atoms with Gasteiger partial charge in [0.15, 0.2) is 5.76 Å². The average molecular weight is 443 g/mol. The van der Waals surface area contributed by atoms with E-state index in [9.17, 15) is 19.1 Å². The summed E-state index contributed by atoms with van der Waals surface area (Å²) in [5.41, 5.74) is -1.91. The Labute approximate surface area is 159 Å². The van der Waals surface area contributed by atoms with E-state index >= 15 is 0 Å². The number of hydrogen-bond donors (Lipinski definition) is 3. The van der Waals surface area contributed by atoms with Crippen molar-refractivity contribution in [3.05, 3.63) is 20.9 Å². The first-order valence-corrected chi connectivity index (χ1v) is 9.75. The molecule has 0 aromatic heterocycles. The maximum atomic E-state index is 11.5. The summed E-state index contributed by atoms with van der Waals surface area (Å²) in [4.78, 5) is 28.3. The topological polar surface area (TPSA) is 105 Å². The lowest BCUT2D eigenvalue weighted by Gasteiger charge is -2.47. The minimum absolute atomic E-state index is 0.0439. The number of hydrogen-bond acceptors (Lipinski definition) is 4. The van der Waals surface area contributed by atoms with E-state index in [0.29, 0.717) is 0 Å². The van der Waals surface area contributed by atoms with Crippen molar-refractivity contribution in [2.45, 2.75) is 37.2 Å². The fourth-order valence-corrected chi connectivity index (χ4v) is 4.86. The van der Waals surface area contributed by atoms with Crippen molar-refractivity contribution in [2.75, 3.05) is 7.05 Å². The highest BCUT2D eigenvalue weighted by atomic mass is 35.5. The summed E-state index contributed by atoms with van der Waals surface area (Å²) in [6.07, 6.45) is -0.892. The number of halogens is 4. The number of nitrogens with one attached hydrogen (secondary N) is 1. The molecule has 0 aliphatic heterocycles. The van der Waals surface area contributed by atoms with Crippen LogP contribution in [0.25, 0.3) is 0 Å². The van der Waals surface area contributed by atoms with Gasteiger partial charge in [-0.25, -0.2) is 9.36 Å². The number of alkyl carbamates (subject to hydrolysis) is 1. The Morgan fingerprint density at radius 2 is 1.75 bits per heavy atom. The molecular formula is C12H16Cl4NO6P. The molecule has 1 amide bonds. The third-order valence-corrected chi connectivity index (χ3v) is 6.45. The predicted octanol–water partition coefficient (Wildman–Crippen LogP) is 4.14. The lowest BCUT2D eigenvalue weighted by molar-refractivity contribution is 0.0362. The molecule has 0 fully saturated rings. The minimum atomic E-state index is -5.02. The summed E-state index contributed by atoms with van der Waals surface area (Å²) in [7, 11) is -3.70. The van der Waals surface area contributed by atoms with Crippen molar-refractivity contribution < 1.29 is 28.4 Å². The van der Waals surface area contributed by atoms with Crippen LogP contribution >= 0.6 is 54.2 Å². The van der Waals surface area contributed by atoms with Crippen LogP contribution in [-0.4, -0.2) is 33.4 Å². The number of amides is 1. The summed E-state index contributed by atoms with van der Waals surface area (Å²) in [6.45, 7) is 3.15. The first-order chi connectivity index (χ1) is 10.9. The van der Waals surface area contributed by atoms with Crippen LogP contribution in [0, 0.1) is 0 Å². The molecule has 1 rings (SSSR count). The first-order valence-electron chi connectivity index (χ1n) is 6.71. The Balaban J connectivity index is 3.67. The van der Waals surface area contributed by atoms with Crippen molar-refractivity contribution in [3.8, 4) is 0 Å². The van der Waals surface area contributed by atoms with Crippen molar-refractivity contribution >= 4 is 60.3 Å². The number of allylic oxidation sites excluding steroid dienone is 1. The lowest BCUT2D eigenvalue weighted by atomic mass is 9.78. The molecule has 0 heterocycles. The first kappa shape index (κ1) is 22.1. The Bertz CT molecular complexity index is 647. The van der Waals surface area contributed by atoms with E-state index < -0.39 is 24.4 Å². The maximum Gasteiger partial charge on any atom is 0.470 e. The number of phosphoric acid groups is 1. The molecule has 2 atom stereocenters. The van der Waals surface area contributed by atoms with Gasteiger partial charge in [-0.15, -0.1) is 11.6 Å². The minimum Gasteiger partial charge on any atom is -0.407 e. The third-order valence-electron chi connectivity index (χ3n) is 3.59. The molecule has 1 aliphatic carbocycles. The Kier molecular flexibility index (Phi) is 7.10. The summed E-state index contributed by atoms with van der Waals surface area (Å²) in [6, 6.07) is 0. The van der Waals surface area contributed by atoms with Gasteiger partial charge in [-0.1, -0.05) is 48.7 Å². The van der Waals surface area contributed by atoms with Crippen molar-refractivity contribution in [2.24, 2.45) is 0 Å². The lowest BCUT2D eigenvalue weighted by Crippen LogP contribution is -2.54. The van der Waals surface area contributed by atoms with Crippen molar-refractivity contribution in [3.63, 3.8) is 0 Å². The Hall–Kier alpha value is 0.0200. The standard InChI is InChI=1S/C12H16Cl4NO6P/c1-4-11(16)9(15)7(22-10(18)17-3)6(13)8(14)12(11,5-2)23-24(19,20)21/h4-5H2,1-3H3,(H,17,18)(H2,19,20,21). The zero-order chi connectivity index (χ0) is 18.9. The molecule has 0 radical (unpaired) electrons. The molecule has 2 unspecified atom stereocenters. The molecule has 0 saturated heterocycles. The molecule has 7 nitrogen and oxygen atoms in total. The number of alkyl halides is 1. The molecule has 0 aromatic rings. The highest BCUT2D eigenvalue weighted by Crippen LogP contribution is 2.61. The smallest absolute Gasteiger partial charge is 0.407 e. The Morgan fingerprint density at radius 3 is 2.12 bits per heavy atom. The fourth-order valence-electron chi connectivity index (χ4n) is 2.39. The van der Waals surface area contributed by atoms with Gasteiger partial charge in [0, 0.05) is 7.05 Å². The van der Waals surface area contributed by atoms with Crippen LogP contribution in [0.4, 0.5) is 4.79 Å². The number of ether oxygens (including phenoxy) is 1. The van der Waals surface area contributed by atoms with Gasteiger partial charge in [0.05, 0.1) is 10.1 Å². The average Bonchev–Trinajstić information content (AvgIpc) is 2.52. The molecule has 24 heavy (non-hydrogen) atoms. The molecule has 0 aromatic carbocycles. The van der Waals surface area contributed by atoms with Gasteiger partial charge in [0.2, 0.25) is 0 Å². The number of phosphoric ester groups is 1. The van der Waals surface area contributed by atoms with Gasteiger partial charge in [0.25, 0.3) is 0 Å². The Morgan fingerprint density at radius 1 is 1.21 bits per heavy atom. The second-order valence-electron chi connectivity index (χ2n) is 4.83. The van der Waals surface area contributed by atoms with Gasteiger partial charge < -0.3 is 19.8 Å². The molecule has 0 saturated carbocycles. The number of carbonyl (C=O) groups is 1. The van der Waals surface area contributed by atoms with Gasteiger partial charge in [-0.2, -0.15) is 0 Å². The maximum absolute atomic E-state index is 11.5. The summed E-state index contributed by atoms with van der Waals surface area (Å²) < 4.78 is 21.4. The second kappa shape index (κ2) is 7.72. The summed E-state index contributed by atoms with van der Waals surface area (Å²) in [5, 5.41) is 1.31. The summed E-state index contributed by atoms with van der Waals surface area (Å²) >= 11 is 25.2. The second-order valence-corrected chi connectivity index (χ2v) is 7.77. The zero-order valence-electron chi connectivity index (χ0n) is 12.9. The van der Waals surface area contributed by atoms with Crippen molar-refractivity contribution in [1.29, 1.82) is 0 Å². The number of rotatable bonds is 5. The van der Waals surface area contributed by atoms with Crippen molar-refractivity contribution in [1.82, 2.24) is 5.32 Å². The van der Waals surface area contributed by atoms with Gasteiger partial charge in [0.1, 0.15) is 15.5 Å². The van der Waals surface area contributed by atoms with E-state index in [4.69, 9.17) is 55.7 Å². The SMILES string of the molecule is CCC1(Cl)C(Cl)=C(OC(=O)NC)C(Cl)=C(Cl)C1(CC)OP(=O)(O)O. The molecule has 0 bridgehead atoms. The monoisotopic (exact) mass is 441 g/mol. The molecular weight excluding hydrogens is 427 g/mol. The van der Waals surface area contributed by atoms with Crippen LogP contribution < -0.4 is 5.32 Å². The van der Waals surface area contributed by atoms with Crippen LogP contribution in [0.15, 0.2) is 20.9 Å². The van der Waals surface area contributed by atoms with Crippen LogP contribution in [0.1, 0.15) is 26.7 Å². The van der Waals surface area contributed by atoms with E-state index in [1.54, 1.807) is 13.8 Å². The zero-order valence-corrected chi connectivity index (χ0v) is 16.8. The molecule has 12 heteroatoms. The number of carbonyl (C=O) groups excluding carboxylic acids is 1. The predicted molar refractivity (Wildman–Crippen MR) is 92.2 cm³/mol. The molecule has 0 spiro atoms.